The molecule has 0 radical (unpaired) electrons. The van der Waals surface area contributed by atoms with Gasteiger partial charge in [0.15, 0.2) is 17.3 Å². The number of allylic oxidation sites excluding steroid dienone is 3. The van der Waals surface area contributed by atoms with Gasteiger partial charge in [-0.2, -0.15) is 0 Å². The molecule has 0 unspecified atom stereocenters. The number of methoxy groups -OCH3 is 1. The number of phenolic OH excluding ortho intramolecular Hbond substituents is 1. The van der Waals surface area contributed by atoms with E-state index in [1.54, 1.807) is 23.5 Å². The fourth-order valence-corrected chi connectivity index (χ4v) is 6.74. The number of carbonyl (C=O) groups excluding carboxylic acids is 1. The van der Waals surface area contributed by atoms with Crippen LogP contribution in [0.2, 0.25) is 0 Å². The number of thiophene rings is 1. The van der Waals surface area contributed by atoms with E-state index in [-0.39, 0.29) is 17.3 Å². The van der Waals surface area contributed by atoms with Gasteiger partial charge in [0.25, 0.3) is 0 Å². The van der Waals surface area contributed by atoms with Crippen LogP contribution < -0.4 is 14.2 Å². The van der Waals surface area contributed by atoms with Crippen LogP contribution in [0.5, 0.6) is 23.0 Å². The Kier molecular flexibility index (Phi) is 8.58. The first kappa shape index (κ1) is 28.1. The van der Waals surface area contributed by atoms with Gasteiger partial charge in [0.2, 0.25) is 0 Å². The second-order valence-electron chi connectivity index (χ2n) is 10.7. The third kappa shape index (κ3) is 6.22. The third-order valence-electron chi connectivity index (χ3n) is 7.85. The van der Waals surface area contributed by atoms with Crippen molar-refractivity contribution in [1.82, 2.24) is 4.90 Å². The van der Waals surface area contributed by atoms with E-state index in [9.17, 15) is 9.90 Å². The second kappa shape index (κ2) is 12.8. The molecule has 0 atom stereocenters. The summed E-state index contributed by atoms with van der Waals surface area (Å²) >= 11 is 1.57. The van der Waals surface area contributed by atoms with Crippen molar-refractivity contribution >= 4 is 27.2 Å². The van der Waals surface area contributed by atoms with E-state index in [4.69, 9.17) is 14.2 Å². The minimum Gasteiger partial charge on any atom is -0.504 e. The maximum absolute atomic E-state index is 14.0. The molecule has 0 spiro atoms. The van der Waals surface area contributed by atoms with Crippen molar-refractivity contribution in [2.24, 2.45) is 0 Å². The standard InChI is InChI=1S/C35H35NO5S/c1-39-31-21-26(11-16-30(31)37)34(38)33-29-15-14-28(41-23-24-7-3-2-4-8-24)22-32(29)42-35(33)25-9-12-27(13-10-25)40-20-19-36-17-5-6-18-36/h2-3,7,9-16,21-22,37H,4-6,8,17-20,23H2,1H3. The molecule has 0 saturated carbocycles. The van der Waals surface area contributed by atoms with Crippen molar-refractivity contribution in [3.63, 3.8) is 0 Å². The lowest BCUT2D eigenvalue weighted by Crippen LogP contribution is -2.25. The van der Waals surface area contributed by atoms with Crippen LogP contribution in [0.3, 0.4) is 0 Å². The fraction of sp³-hybridized carbons (Fsp3) is 0.286. The topological polar surface area (TPSA) is 68.2 Å². The van der Waals surface area contributed by atoms with Crippen LogP contribution in [0.1, 0.15) is 41.6 Å². The number of aromatic hydroxyl groups is 1. The number of nitrogens with zero attached hydrogens (tertiary/aromatic N) is 1. The number of hydrogen-bond acceptors (Lipinski definition) is 7. The molecule has 3 aromatic carbocycles. The van der Waals surface area contributed by atoms with Gasteiger partial charge in [-0.3, -0.25) is 9.69 Å². The fourth-order valence-electron chi connectivity index (χ4n) is 5.51. The van der Waals surface area contributed by atoms with Crippen molar-refractivity contribution in [2.45, 2.75) is 25.7 Å². The Hall–Kier alpha value is -4.07. The first-order valence-corrected chi connectivity index (χ1v) is 15.3. The summed E-state index contributed by atoms with van der Waals surface area (Å²) in [4.78, 5) is 17.4. The minimum atomic E-state index is -0.131. The lowest BCUT2D eigenvalue weighted by molar-refractivity contribution is 0.104. The summed E-state index contributed by atoms with van der Waals surface area (Å²) in [5.41, 5.74) is 3.28. The molecular weight excluding hydrogens is 546 g/mol. The highest BCUT2D eigenvalue weighted by Crippen LogP contribution is 2.42. The molecule has 0 amide bonds. The molecule has 1 aliphatic carbocycles. The summed E-state index contributed by atoms with van der Waals surface area (Å²) in [5.74, 6) is 1.72. The third-order valence-corrected chi connectivity index (χ3v) is 9.05. The highest BCUT2D eigenvalue weighted by atomic mass is 32.1. The van der Waals surface area contributed by atoms with Crippen LogP contribution in [0, 0.1) is 0 Å². The molecule has 6 rings (SSSR count). The normalized spacial score (nSPS) is 15.1. The Balaban J connectivity index is 1.31. The van der Waals surface area contributed by atoms with Crippen LogP contribution in [-0.2, 0) is 0 Å². The summed E-state index contributed by atoms with van der Waals surface area (Å²) in [5, 5.41) is 11.0. The average molecular weight is 582 g/mol. The Morgan fingerprint density at radius 3 is 2.55 bits per heavy atom. The number of ketones is 1. The van der Waals surface area contributed by atoms with Crippen molar-refractivity contribution in [3.05, 3.63) is 95.6 Å². The van der Waals surface area contributed by atoms with E-state index in [2.05, 4.69) is 23.1 Å². The molecule has 1 aliphatic heterocycles. The van der Waals surface area contributed by atoms with E-state index in [0.717, 1.165) is 64.5 Å². The van der Waals surface area contributed by atoms with Gasteiger partial charge in [-0.15, -0.1) is 11.3 Å². The molecule has 1 saturated heterocycles. The molecule has 4 aromatic rings. The number of fused-ring (bicyclic) bond motifs is 1. The van der Waals surface area contributed by atoms with Gasteiger partial charge in [0.05, 0.1) is 7.11 Å². The second-order valence-corrected chi connectivity index (χ2v) is 11.7. The summed E-state index contributed by atoms with van der Waals surface area (Å²) in [6.07, 6.45) is 11.0. The Bertz CT molecular complexity index is 1630. The molecule has 216 valence electrons. The Morgan fingerprint density at radius 1 is 0.976 bits per heavy atom. The highest BCUT2D eigenvalue weighted by Gasteiger charge is 2.23. The molecule has 42 heavy (non-hydrogen) atoms. The van der Waals surface area contributed by atoms with Crippen molar-refractivity contribution < 1.29 is 24.1 Å². The van der Waals surface area contributed by atoms with Gasteiger partial charge in [-0.25, -0.2) is 0 Å². The van der Waals surface area contributed by atoms with Crippen molar-refractivity contribution in [3.8, 4) is 33.4 Å². The molecule has 6 nitrogen and oxygen atoms in total. The van der Waals surface area contributed by atoms with Gasteiger partial charge in [-0.1, -0.05) is 18.2 Å². The maximum atomic E-state index is 14.0. The number of hydrogen-bond donors (Lipinski definition) is 1. The summed E-state index contributed by atoms with van der Waals surface area (Å²) in [7, 11) is 1.48. The molecule has 2 heterocycles. The van der Waals surface area contributed by atoms with Gasteiger partial charge in [0, 0.05) is 32.6 Å². The van der Waals surface area contributed by atoms with Crippen LogP contribution in [0.15, 0.2) is 84.5 Å². The van der Waals surface area contributed by atoms with Crippen LogP contribution >= 0.6 is 11.3 Å². The van der Waals surface area contributed by atoms with E-state index in [0.29, 0.717) is 24.3 Å². The molecule has 1 aromatic heterocycles. The van der Waals surface area contributed by atoms with E-state index in [1.807, 2.05) is 42.5 Å². The van der Waals surface area contributed by atoms with Gasteiger partial charge < -0.3 is 19.3 Å². The number of ether oxygens (including phenoxy) is 3. The molecular formula is C35H35NO5S. The van der Waals surface area contributed by atoms with Gasteiger partial charge in [-0.05, 0) is 111 Å². The number of carbonyl (C=O) groups is 1. The average Bonchev–Trinajstić information content (AvgIpc) is 3.69. The quantitative estimate of drug-likeness (QED) is 0.184. The largest absolute Gasteiger partial charge is 0.504 e. The predicted octanol–water partition coefficient (Wildman–Crippen LogP) is 7.64. The SMILES string of the molecule is COc1cc(C(=O)c2c(-c3ccc(OCCN4CCCC4)cc3)sc3cc(OCC4=CC=CCC4)ccc23)ccc1O. The minimum absolute atomic E-state index is 0.00451. The first-order chi connectivity index (χ1) is 20.6. The van der Waals surface area contributed by atoms with E-state index >= 15 is 0 Å². The highest BCUT2D eigenvalue weighted by molar-refractivity contribution is 7.22. The van der Waals surface area contributed by atoms with Crippen molar-refractivity contribution in [2.75, 3.05) is 40.0 Å². The van der Waals surface area contributed by atoms with Crippen LogP contribution in [0.25, 0.3) is 20.5 Å². The lowest BCUT2D eigenvalue weighted by atomic mass is 9.97. The van der Waals surface area contributed by atoms with Crippen LogP contribution in [-0.4, -0.2) is 55.7 Å². The van der Waals surface area contributed by atoms with Gasteiger partial charge in [0.1, 0.15) is 24.7 Å². The predicted molar refractivity (Wildman–Crippen MR) is 168 cm³/mol. The molecule has 0 bridgehead atoms. The summed E-state index contributed by atoms with van der Waals surface area (Å²) < 4.78 is 18.4. The van der Waals surface area contributed by atoms with Gasteiger partial charge >= 0.3 is 0 Å². The Labute approximate surface area is 250 Å². The Morgan fingerprint density at radius 2 is 1.79 bits per heavy atom. The molecule has 1 N–H and O–H groups in total. The van der Waals surface area contributed by atoms with E-state index < -0.39 is 0 Å². The molecule has 7 heteroatoms. The number of likely N-dealkylation sites (tertiary alicyclic amines) is 1. The maximum Gasteiger partial charge on any atom is 0.195 e. The number of rotatable bonds is 11. The van der Waals surface area contributed by atoms with Crippen molar-refractivity contribution in [1.29, 1.82) is 0 Å². The molecule has 2 aliphatic rings. The van der Waals surface area contributed by atoms with E-state index in [1.165, 1.54) is 31.6 Å². The monoisotopic (exact) mass is 581 g/mol. The zero-order valence-electron chi connectivity index (χ0n) is 23.8. The zero-order chi connectivity index (χ0) is 28.9. The molecule has 1 fully saturated rings. The smallest absolute Gasteiger partial charge is 0.195 e. The summed E-state index contributed by atoms with van der Waals surface area (Å²) in [6.45, 7) is 4.45. The number of benzene rings is 3. The zero-order valence-corrected chi connectivity index (χ0v) is 24.6. The lowest BCUT2D eigenvalue weighted by Gasteiger charge is -2.15. The van der Waals surface area contributed by atoms with Crippen LogP contribution in [0.4, 0.5) is 0 Å². The number of phenols is 1. The summed E-state index contributed by atoms with van der Waals surface area (Å²) in [6, 6.07) is 18.6. The first-order valence-electron chi connectivity index (χ1n) is 14.5.